The molecule has 8 nitrogen and oxygen atoms in total. The average Bonchev–Trinajstić information content (AvgIpc) is 2.77. The number of carbonyl (C=O) groups is 1. The Kier molecular flexibility index (Phi) is 7.81. The van der Waals surface area contributed by atoms with E-state index in [-0.39, 0.29) is 23.1 Å². The zero-order valence-electron chi connectivity index (χ0n) is 16.4. The van der Waals surface area contributed by atoms with Gasteiger partial charge in [0, 0.05) is 38.9 Å². The second-order valence-corrected chi connectivity index (χ2v) is 9.66. The highest BCUT2D eigenvalue weighted by Crippen LogP contribution is 2.21. The Morgan fingerprint density at radius 2 is 1.87 bits per heavy atom. The largest absolute Gasteiger partial charge is 0.342 e. The van der Waals surface area contributed by atoms with E-state index < -0.39 is 10.0 Å². The van der Waals surface area contributed by atoms with Gasteiger partial charge in [-0.15, -0.1) is 0 Å². The van der Waals surface area contributed by atoms with Gasteiger partial charge in [-0.05, 0) is 17.7 Å². The summed E-state index contributed by atoms with van der Waals surface area (Å²) < 4.78 is 27.3. The van der Waals surface area contributed by atoms with Crippen molar-refractivity contribution in [3.05, 3.63) is 54.2 Å². The van der Waals surface area contributed by atoms with Crippen molar-refractivity contribution in [2.75, 3.05) is 38.5 Å². The first kappa shape index (κ1) is 22.2. The SMILES string of the molecule is N#CCNC(=O)CSc1ccc(S(=O)(=O)N2CCN(Cc3ccccc3)CC2)cn1. The number of nitrogens with one attached hydrogen (secondary N) is 1. The number of piperazine rings is 1. The van der Waals surface area contributed by atoms with Gasteiger partial charge in [-0.25, -0.2) is 13.4 Å². The molecule has 1 fully saturated rings. The number of nitrogens with zero attached hydrogens (tertiary/aromatic N) is 4. The van der Waals surface area contributed by atoms with Crippen LogP contribution >= 0.6 is 11.8 Å². The van der Waals surface area contributed by atoms with Crippen LogP contribution in [0.2, 0.25) is 0 Å². The lowest BCUT2D eigenvalue weighted by atomic mass is 10.2. The fourth-order valence-electron chi connectivity index (χ4n) is 3.05. The van der Waals surface area contributed by atoms with E-state index in [0.717, 1.165) is 6.54 Å². The molecule has 0 spiro atoms. The maximum absolute atomic E-state index is 12.9. The van der Waals surface area contributed by atoms with Crippen LogP contribution in [0.4, 0.5) is 0 Å². The maximum Gasteiger partial charge on any atom is 0.244 e. The highest BCUT2D eigenvalue weighted by atomic mass is 32.2. The lowest BCUT2D eigenvalue weighted by Crippen LogP contribution is -2.48. The molecular formula is C20H23N5O3S2. The first-order chi connectivity index (χ1) is 14.5. The third-order valence-electron chi connectivity index (χ3n) is 4.64. The molecular weight excluding hydrogens is 422 g/mol. The molecule has 1 amide bonds. The van der Waals surface area contributed by atoms with Crippen LogP contribution in [-0.2, 0) is 21.4 Å². The number of sulfonamides is 1. The van der Waals surface area contributed by atoms with Gasteiger partial charge in [0.15, 0.2) is 0 Å². The predicted molar refractivity (Wildman–Crippen MR) is 114 cm³/mol. The zero-order chi connectivity index (χ0) is 21.4. The number of nitriles is 1. The van der Waals surface area contributed by atoms with Crippen LogP contribution in [0, 0.1) is 11.3 Å². The molecule has 1 saturated heterocycles. The molecule has 0 bridgehead atoms. The average molecular weight is 446 g/mol. The first-order valence-corrected chi connectivity index (χ1v) is 11.9. The van der Waals surface area contributed by atoms with E-state index in [1.165, 1.54) is 33.9 Å². The third kappa shape index (κ3) is 6.03. The van der Waals surface area contributed by atoms with E-state index in [4.69, 9.17) is 5.26 Å². The minimum absolute atomic E-state index is 0.0391. The van der Waals surface area contributed by atoms with Crippen molar-refractivity contribution in [2.24, 2.45) is 0 Å². The van der Waals surface area contributed by atoms with Crippen LogP contribution in [0.25, 0.3) is 0 Å². The lowest BCUT2D eigenvalue weighted by molar-refractivity contribution is -0.118. The molecule has 10 heteroatoms. The number of aromatic nitrogens is 1. The smallest absolute Gasteiger partial charge is 0.244 e. The van der Waals surface area contributed by atoms with E-state index >= 15 is 0 Å². The Bertz CT molecular complexity index is 983. The molecule has 1 N–H and O–H groups in total. The summed E-state index contributed by atoms with van der Waals surface area (Å²) in [7, 11) is -3.60. The maximum atomic E-state index is 12.9. The van der Waals surface area contributed by atoms with Crippen molar-refractivity contribution >= 4 is 27.7 Å². The van der Waals surface area contributed by atoms with Gasteiger partial charge < -0.3 is 5.32 Å². The quantitative estimate of drug-likeness (QED) is 0.482. The summed E-state index contributed by atoms with van der Waals surface area (Å²) in [5.74, 6) is -0.155. The standard InChI is InChI=1S/C20H23N5O3S2/c21-8-9-22-19(26)16-29-20-7-6-18(14-23-20)30(27,28)25-12-10-24(11-13-25)15-17-4-2-1-3-5-17/h1-7,14H,9-13,15-16H2,(H,22,26). The summed E-state index contributed by atoms with van der Waals surface area (Å²) >= 11 is 1.19. The van der Waals surface area contributed by atoms with Crippen molar-refractivity contribution in [2.45, 2.75) is 16.5 Å². The molecule has 2 heterocycles. The summed E-state index contributed by atoms with van der Waals surface area (Å²) in [4.78, 5) is 18.1. The van der Waals surface area contributed by atoms with Crippen LogP contribution in [0.3, 0.4) is 0 Å². The Labute approximate surface area is 180 Å². The Morgan fingerprint density at radius 1 is 1.13 bits per heavy atom. The Balaban J connectivity index is 1.53. The number of pyridine rings is 1. The van der Waals surface area contributed by atoms with Crippen molar-refractivity contribution < 1.29 is 13.2 Å². The van der Waals surface area contributed by atoms with Gasteiger partial charge in [0.2, 0.25) is 15.9 Å². The molecule has 1 aromatic carbocycles. The van der Waals surface area contributed by atoms with Crippen molar-refractivity contribution in [3.63, 3.8) is 0 Å². The molecule has 3 rings (SSSR count). The molecule has 0 aliphatic carbocycles. The van der Waals surface area contributed by atoms with Crippen LogP contribution in [0.1, 0.15) is 5.56 Å². The molecule has 1 aliphatic rings. The summed E-state index contributed by atoms with van der Waals surface area (Å²) in [6, 6.07) is 15.1. The number of carbonyl (C=O) groups excluding carboxylic acids is 1. The summed E-state index contributed by atoms with van der Waals surface area (Å²) in [6.45, 7) is 2.99. The fraction of sp³-hybridized carbons (Fsp3) is 0.350. The third-order valence-corrected chi connectivity index (χ3v) is 7.47. The normalized spacial score (nSPS) is 15.4. The Morgan fingerprint density at radius 3 is 2.50 bits per heavy atom. The van der Waals surface area contributed by atoms with Crippen molar-refractivity contribution in [3.8, 4) is 6.07 Å². The number of hydrogen-bond acceptors (Lipinski definition) is 7. The monoisotopic (exact) mass is 445 g/mol. The molecule has 0 saturated carbocycles. The van der Waals surface area contributed by atoms with E-state index in [1.807, 2.05) is 24.3 Å². The summed E-state index contributed by atoms with van der Waals surface area (Å²) in [6.07, 6.45) is 1.33. The second kappa shape index (κ2) is 10.5. The molecule has 158 valence electrons. The summed E-state index contributed by atoms with van der Waals surface area (Å²) in [5.41, 5.74) is 1.22. The van der Waals surface area contributed by atoms with Crippen LogP contribution in [0.5, 0.6) is 0 Å². The number of hydrogen-bond donors (Lipinski definition) is 1. The van der Waals surface area contributed by atoms with E-state index in [9.17, 15) is 13.2 Å². The first-order valence-electron chi connectivity index (χ1n) is 9.48. The molecule has 0 unspecified atom stereocenters. The topological polar surface area (TPSA) is 106 Å². The van der Waals surface area contributed by atoms with E-state index in [0.29, 0.717) is 31.2 Å². The van der Waals surface area contributed by atoms with Crippen LogP contribution in [0.15, 0.2) is 58.6 Å². The predicted octanol–water partition coefficient (Wildman–Crippen LogP) is 1.32. The number of thioether (sulfide) groups is 1. The van der Waals surface area contributed by atoms with Gasteiger partial charge in [0.25, 0.3) is 0 Å². The molecule has 1 aromatic heterocycles. The van der Waals surface area contributed by atoms with Gasteiger partial charge in [0.1, 0.15) is 11.4 Å². The number of rotatable bonds is 8. The summed E-state index contributed by atoms with van der Waals surface area (Å²) in [5, 5.41) is 11.4. The minimum atomic E-state index is -3.60. The van der Waals surface area contributed by atoms with Crippen molar-refractivity contribution in [1.82, 2.24) is 19.5 Å². The number of benzene rings is 1. The molecule has 30 heavy (non-hydrogen) atoms. The molecule has 0 atom stereocenters. The van der Waals surface area contributed by atoms with Gasteiger partial charge in [-0.2, -0.15) is 9.57 Å². The van der Waals surface area contributed by atoms with Gasteiger partial charge >= 0.3 is 0 Å². The fourth-order valence-corrected chi connectivity index (χ4v) is 5.09. The van der Waals surface area contributed by atoms with Crippen molar-refractivity contribution in [1.29, 1.82) is 5.26 Å². The molecule has 0 radical (unpaired) electrons. The van der Waals surface area contributed by atoms with Gasteiger partial charge in [-0.1, -0.05) is 42.1 Å². The van der Waals surface area contributed by atoms with Gasteiger partial charge in [-0.3, -0.25) is 9.69 Å². The van der Waals surface area contributed by atoms with E-state index in [1.54, 1.807) is 6.07 Å². The minimum Gasteiger partial charge on any atom is -0.342 e. The number of amides is 1. The second-order valence-electron chi connectivity index (χ2n) is 6.72. The highest BCUT2D eigenvalue weighted by Gasteiger charge is 2.28. The van der Waals surface area contributed by atoms with E-state index in [2.05, 4.69) is 27.3 Å². The van der Waals surface area contributed by atoms with Gasteiger partial charge in [0.05, 0.1) is 16.8 Å². The molecule has 2 aromatic rings. The highest BCUT2D eigenvalue weighted by molar-refractivity contribution is 7.99. The van der Waals surface area contributed by atoms with Crippen LogP contribution in [-0.4, -0.2) is 67.0 Å². The lowest BCUT2D eigenvalue weighted by Gasteiger charge is -2.33. The van der Waals surface area contributed by atoms with Crippen LogP contribution < -0.4 is 5.32 Å². The molecule has 1 aliphatic heterocycles. The Hall–Kier alpha value is -2.45. The zero-order valence-corrected chi connectivity index (χ0v) is 18.0.